The van der Waals surface area contributed by atoms with Gasteiger partial charge in [0.15, 0.2) is 5.96 Å². The predicted molar refractivity (Wildman–Crippen MR) is 94.3 cm³/mol. The summed E-state index contributed by atoms with van der Waals surface area (Å²) in [7, 11) is 0. The standard InChI is InChI=1S/C18H23N5O2/c19-17-21-16(25)18(22-17)6-9-23(10-7-18)15(24)14-4-2-1-3-13(14)12-5-8-20-11-12/h1-4,12,20H,5-11H2,(H3,19,21,22,25). The average molecular weight is 341 g/mol. The number of benzene rings is 1. The lowest BCUT2D eigenvalue weighted by atomic mass is 9.87. The zero-order chi connectivity index (χ0) is 17.4. The molecule has 25 heavy (non-hydrogen) atoms. The van der Waals surface area contributed by atoms with E-state index >= 15 is 0 Å². The highest BCUT2D eigenvalue weighted by Gasteiger charge is 2.46. The maximum Gasteiger partial charge on any atom is 0.254 e. The first kappa shape index (κ1) is 16.1. The molecule has 0 saturated carbocycles. The molecular weight excluding hydrogens is 318 g/mol. The van der Waals surface area contributed by atoms with Gasteiger partial charge in [-0.2, -0.15) is 0 Å². The monoisotopic (exact) mass is 341 g/mol. The number of carbonyl (C=O) groups is 2. The Kier molecular flexibility index (Phi) is 3.95. The van der Waals surface area contributed by atoms with Crippen molar-refractivity contribution in [3.63, 3.8) is 0 Å². The average Bonchev–Trinajstić information content (AvgIpc) is 3.24. The molecule has 3 aliphatic heterocycles. The SMILES string of the molecule is NC1=NC2(CCN(C(=O)c3ccccc3C3CCNC3)CC2)C(=O)N1. The second-order valence-corrected chi connectivity index (χ2v) is 7.05. The van der Waals surface area contributed by atoms with Gasteiger partial charge in [0.1, 0.15) is 5.54 Å². The van der Waals surface area contributed by atoms with Crippen LogP contribution < -0.4 is 16.4 Å². The lowest BCUT2D eigenvalue weighted by Gasteiger charge is -2.35. The van der Waals surface area contributed by atoms with E-state index in [-0.39, 0.29) is 17.8 Å². The molecule has 7 nitrogen and oxygen atoms in total. The van der Waals surface area contributed by atoms with E-state index in [1.165, 1.54) is 0 Å². The third-order valence-electron chi connectivity index (χ3n) is 5.57. The highest BCUT2D eigenvalue weighted by Crippen LogP contribution is 2.31. The number of hydrogen-bond donors (Lipinski definition) is 3. The van der Waals surface area contributed by atoms with E-state index in [4.69, 9.17) is 5.73 Å². The van der Waals surface area contributed by atoms with Gasteiger partial charge in [-0.15, -0.1) is 0 Å². The van der Waals surface area contributed by atoms with E-state index in [1.54, 1.807) is 0 Å². The van der Waals surface area contributed by atoms with Gasteiger partial charge >= 0.3 is 0 Å². The molecule has 1 spiro atoms. The van der Waals surface area contributed by atoms with Crippen molar-refractivity contribution >= 4 is 17.8 Å². The van der Waals surface area contributed by atoms with Crippen LogP contribution in [0.2, 0.25) is 0 Å². The molecule has 2 saturated heterocycles. The van der Waals surface area contributed by atoms with E-state index in [0.717, 1.165) is 30.6 Å². The normalized spacial score (nSPS) is 25.1. The van der Waals surface area contributed by atoms with Crippen molar-refractivity contribution < 1.29 is 9.59 Å². The van der Waals surface area contributed by atoms with Crippen LogP contribution in [0.15, 0.2) is 29.3 Å². The quantitative estimate of drug-likeness (QED) is 0.714. The molecule has 4 N–H and O–H groups in total. The number of nitrogens with one attached hydrogen (secondary N) is 2. The number of likely N-dealkylation sites (tertiary alicyclic amines) is 1. The Bertz CT molecular complexity index is 731. The summed E-state index contributed by atoms with van der Waals surface area (Å²) in [6.45, 7) is 2.94. The van der Waals surface area contributed by atoms with Gasteiger partial charge < -0.3 is 16.0 Å². The molecule has 132 valence electrons. The van der Waals surface area contributed by atoms with E-state index in [1.807, 2.05) is 23.1 Å². The highest BCUT2D eigenvalue weighted by molar-refractivity contribution is 6.07. The van der Waals surface area contributed by atoms with E-state index < -0.39 is 5.54 Å². The van der Waals surface area contributed by atoms with Gasteiger partial charge in [-0.1, -0.05) is 18.2 Å². The molecule has 0 bridgehead atoms. The smallest absolute Gasteiger partial charge is 0.254 e. The van der Waals surface area contributed by atoms with Crippen molar-refractivity contribution in [2.24, 2.45) is 10.7 Å². The summed E-state index contributed by atoms with van der Waals surface area (Å²) in [5.74, 6) is 0.479. The second kappa shape index (κ2) is 6.15. The van der Waals surface area contributed by atoms with Crippen molar-refractivity contribution in [1.29, 1.82) is 0 Å². The maximum atomic E-state index is 13.1. The first-order valence-corrected chi connectivity index (χ1v) is 8.85. The van der Waals surface area contributed by atoms with Crippen LogP contribution in [-0.2, 0) is 4.79 Å². The van der Waals surface area contributed by atoms with Gasteiger partial charge in [0.05, 0.1) is 0 Å². The number of hydrogen-bond acceptors (Lipinski definition) is 5. The number of aliphatic imine (C=N–C) groups is 1. The van der Waals surface area contributed by atoms with Crippen molar-refractivity contribution in [2.75, 3.05) is 26.2 Å². The molecule has 1 aromatic carbocycles. The maximum absolute atomic E-state index is 13.1. The summed E-state index contributed by atoms with van der Waals surface area (Å²) < 4.78 is 0. The van der Waals surface area contributed by atoms with Gasteiger partial charge in [0.2, 0.25) is 0 Å². The first-order chi connectivity index (χ1) is 12.1. The fourth-order valence-electron chi connectivity index (χ4n) is 4.10. The minimum atomic E-state index is -0.782. The number of rotatable bonds is 2. The number of carbonyl (C=O) groups excluding carboxylic acids is 2. The summed E-state index contributed by atoms with van der Waals surface area (Å²) in [5, 5.41) is 5.94. The zero-order valence-electron chi connectivity index (χ0n) is 14.1. The number of nitrogens with zero attached hydrogens (tertiary/aromatic N) is 2. The van der Waals surface area contributed by atoms with E-state index in [2.05, 4.69) is 21.7 Å². The summed E-state index contributed by atoms with van der Waals surface area (Å²) in [4.78, 5) is 31.3. The fourth-order valence-corrected chi connectivity index (χ4v) is 4.10. The van der Waals surface area contributed by atoms with Crippen LogP contribution in [0.4, 0.5) is 0 Å². The second-order valence-electron chi connectivity index (χ2n) is 7.05. The molecular formula is C18H23N5O2. The first-order valence-electron chi connectivity index (χ1n) is 8.85. The summed E-state index contributed by atoms with van der Waals surface area (Å²) >= 11 is 0. The highest BCUT2D eigenvalue weighted by atomic mass is 16.2. The van der Waals surface area contributed by atoms with Crippen LogP contribution >= 0.6 is 0 Å². The molecule has 1 unspecified atom stereocenters. The number of guanidine groups is 1. The molecule has 3 heterocycles. The third-order valence-corrected chi connectivity index (χ3v) is 5.57. The van der Waals surface area contributed by atoms with Crippen molar-refractivity contribution in [3.05, 3.63) is 35.4 Å². The minimum absolute atomic E-state index is 0.0488. The summed E-state index contributed by atoms with van der Waals surface area (Å²) in [6.07, 6.45) is 2.08. The van der Waals surface area contributed by atoms with Crippen molar-refractivity contribution in [2.45, 2.75) is 30.7 Å². The molecule has 2 amide bonds. The number of nitrogens with two attached hydrogens (primary N) is 1. The van der Waals surface area contributed by atoms with Gasteiger partial charge in [-0.05, 0) is 43.4 Å². The molecule has 1 aromatic rings. The fraction of sp³-hybridized carbons (Fsp3) is 0.500. The Labute approximate surface area is 146 Å². The molecule has 4 rings (SSSR count). The Morgan fingerprint density at radius 2 is 2.04 bits per heavy atom. The number of piperidine rings is 1. The van der Waals surface area contributed by atoms with E-state index in [9.17, 15) is 9.59 Å². The lowest BCUT2D eigenvalue weighted by molar-refractivity contribution is -0.125. The van der Waals surface area contributed by atoms with Crippen LogP contribution in [0.3, 0.4) is 0 Å². The molecule has 3 aliphatic rings. The van der Waals surface area contributed by atoms with Crippen LogP contribution in [-0.4, -0.2) is 54.4 Å². The van der Waals surface area contributed by atoms with Gasteiger partial charge in [-0.3, -0.25) is 14.9 Å². The van der Waals surface area contributed by atoms with Gasteiger partial charge in [0.25, 0.3) is 11.8 Å². The van der Waals surface area contributed by atoms with Crippen LogP contribution in [0.1, 0.15) is 41.1 Å². The number of amides is 2. The molecule has 2 fully saturated rings. The van der Waals surface area contributed by atoms with E-state index in [0.29, 0.717) is 31.8 Å². The van der Waals surface area contributed by atoms with Crippen LogP contribution in [0.5, 0.6) is 0 Å². The molecule has 0 radical (unpaired) electrons. The minimum Gasteiger partial charge on any atom is -0.370 e. The third kappa shape index (κ3) is 2.78. The molecule has 7 heteroatoms. The molecule has 0 aromatic heterocycles. The van der Waals surface area contributed by atoms with Crippen molar-refractivity contribution in [1.82, 2.24) is 15.5 Å². The zero-order valence-corrected chi connectivity index (χ0v) is 14.1. The van der Waals surface area contributed by atoms with Crippen LogP contribution in [0.25, 0.3) is 0 Å². The van der Waals surface area contributed by atoms with Gasteiger partial charge in [-0.25, -0.2) is 4.99 Å². The molecule has 1 atom stereocenters. The Balaban J connectivity index is 1.51. The lowest BCUT2D eigenvalue weighted by Crippen LogP contribution is -2.50. The summed E-state index contributed by atoms with van der Waals surface area (Å²) in [6, 6.07) is 7.89. The van der Waals surface area contributed by atoms with Crippen molar-refractivity contribution in [3.8, 4) is 0 Å². The van der Waals surface area contributed by atoms with Crippen LogP contribution in [0, 0.1) is 0 Å². The topological polar surface area (TPSA) is 99.8 Å². The summed E-state index contributed by atoms with van der Waals surface area (Å²) in [5.41, 5.74) is 6.76. The Hall–Kier alpha value is -2.41. The predicted octanol–water partition coefficient (Wildman–Crippen LogP) is 0.183. The Morgan fingerprint density at radius 3 is 2.68 bits per heavy atom. The Morgan fingerprint density at radius 1 is 1.28 bits per heavy atom. The van der Waals surface area contributed by atoms with Gasteiger partial charge in [0, 0.05) is 25.2 Å². The largest absolute Gasteiger partial charge is 0.370 e. The molecule has 0 aliphatic carbocycles.